The highest BCUT2D eigenvalue weighted by Gasteiger charge is 2.38. The first-order chi connectivity index (χ1) is 17.9. The minimum absolute atomic E-state index is 0.0718. The van der Waals surface area contributed by atoms with Crippen LogP contribution < -0.4 is 0 Å². The lowest BCUT2D eigenvalue weighted by molar-refractivity contribution is -0.304. The molecule has 0 amide bonds. The Morgan fingerprint density at radius 3 is 1.45 bits per heavy atom. The first kappa shape index (κ1) is 36.7. The molecule has 0 radical (unpaired) electrons. The Hall–Kier alpha value is -1.35. The molecule has 2 aliphatic heterocycles. The quantitative estimate of drug-likeness (QED) is 0.322. The number of carbonyl (C=O) groups excluding carboxylic acids is 2. The molecule has 0 aromatic heterocycles. The maximum atomic E-state index is 11.9. The third-order valence-corrected chi connectivity index (χ3v) is 5.72. The Balaban J connectivity index is 0.000000408. The zero-order valence-corrected chi connectivity index (χ0v) is 26.7. The summed E-state index contributed by atoms with van der Waals surface area (Å²) in [5.74, 6) is -2.35. The number of ether oxygens (including phenoxy) is 6. The summed E-state index contributed by atoms with van der Waals surface area (Å²) in [5, 5.41) is 9.16. The topological polar surface area (TPSA) is 153 Å². The van der Waals surface area contributed by atoms with Crippen molar-refractivity contribution < 1.29 is 55.7 Å². The normalized spacial score (nSPS) is 26.7. The van der Waals surface area contributed by atoms with Gasteiger partial charge in [0.2, 0.25) is 0 Å². The van der Waals surface area contributed by atoms with Crippen LogP contribution in [-0.4, -0.2) is 92.1 Å². The number of esters is 2. The molecule has 2 heterocycles. The lowest BCUT2D eigenvalue weighted by Gasteiger charge is -2.40. The first-order valence-corrected chi connectivity index (χ1v) is 15.3. The second-order valence-electron chi connectivity index (χ2n) is 13.0. The van der Waals surface area contributed by atoms with Gasteiger partial charge < -0.3 is 33.5 Å². The van der Waals surface area contributed by atoms with Crippen LogP contribution in [0.4, 0.5) is 0 Å². The largest absolute Gasteiger partial charge is 0.460 e. The van der Waals surface area contributed by atoms with E-state index in [1.54, 1.807) is 48.5 Å². The molecule has 2 saturated heterocycles. The molecule has 0 saturated carbocycles. The Morgan fingerprint density at radius 1 is 0.750 bits per heavy atom. The van der Waals surface area contributed by atoms with Gasteiger partial charge in [-0.25, -0.2) is 0 Å². The molecule has 0 unspecified atom stereocenters. The van der Waals surface area contributed by atoms with E-state index >= 15 is 0 Å². The Morgan fingerprint density at radius 2 is 1.10 bits per heavy atom. The van der Waals surface area contributed by atoms with Crippen LogP contribution in [0.3, 0.4) is 0 Å². The fourth-order valence-corrected chi connectivity index (χ4v) is 4.64. The van der Waals surface area contributed by atoms with Gasteiger partial charge in [0, 0.05) is 12.8 Å². The summed E-state index contributed by atoms with van der Waals surface area (Å²) >= 11 is 0. The molecule has 2 rings (SSSR count). The third kappa shape index (κ3) is 16.8. The van der Waals surface area contributed by atoms with Crippen molar-refractivity contribution in [3.63, 3.8) is 0 Å². The Labute approximate surface area is 239 Å². The molecule has 0 aromatic carbocycles. The summed E-state index contributed by atoms with van der Waals surface area (Å²) in [5.41, 5.74) is -1.05. The van der Waals surface area contributed by atoms with E-state index in [0.717, 1.165) is 6.26 Å². The minimum Gasteiger partial charge on any atom is -0.460 e. The molecule has 4 atom stereocenters. The summed E-state index contributed by atoms with van der Waals surface area (Å²) in [4.78, 5) is 23.6. The zero-order valence-electron chi connectivity index (χ0n) is 25.9. The fourth-order valence-electron chi connectivity index (χ4n) is 4.24. The van der Waals surface area contributed by atoms with Crippen LogP contribution in [0.2, 0.25) is 0 Å². The van der Waals surface area contributed by atoms with Crippen LogP contribution >= 0.6 is 0 Å². The van der Waals surface area contributed by atoms with Crippen molar-refractivity contribution in [1.82, 2.24) is 0 Å². The summed E-state index contributed by atoms with van der Waals surface area (Å²) in [6, 6.07) is 0. The fraction of sp³-hybridized carbons (Fsp3) is 0.926. The van der Waals surface area contributed by atoms with Crippen molar-refractivity contribution in [2.45, 2.75) is 142 Å². The van der Waals surface area contributed by atoms with Crippen molar-refractivity contribution in [2.24, 2.45) is 0 Å². The monoisotopic (exact) mass is 598 g/mol. The van der Waals surface area contributed by atoms with Crippen LogP contribution in [0.15, 0.2) is 0 Å². The van der Waals surface area contributed by atoms with E-state index in [1.807, 2.05) is 20.8 Å². The second-order valence-corrected chi connectivity index (χ2v) is 14.6. The molecule has 0 spiro atoms. The predicted octanol–water partition coefficient (Wildman–Crippen LogP) is 3.23. The molecule has 0 aromatic rings. The van der Waals surface area contributed by atoms with Crippen LogP contribution in [-0.2, 0) is 52.3 Å². The SMILES string of the molecule is CC(C)(C)OC(=O)C[C@H]1C[C@@H](CO)OC(C)(C)O1.CC(C)(C)OC(=O)C[C@H]1C[C@@H](COS(C)(=O)=O)OC(C)(C)O1. The van der Waals surface area contributed by atoms with E-state index in [1.165, 1.54) is 0 Å². The van der Waals surface area contributed by atoms with Gasteiger partial charge in [0.05, 0.1) is 56.7 Å². The van der Waals surface area contributed by atoms with Crippen molar-refractivity contribution in [1.29, 1.82) is 0 Å². The summed E-state index contributed by atoms with van der Waals surface area (Å²) < 4.78 is 59.9. The Kier molecular flexibility index (Phi) is 13.0. The molecular weight excluding hydrogens is 548 g/mol. The molecule has 1 N–H and O–H groups in total. The van der Waals surface area contributed by atoms with E-state index in [2.05, 4.69) is 0 Å². The van der Waals surface area contributed by atoms with E-state index in [-0.39, 0.29) is 50.2 Å². The maximum absolute atomic E-state index is 11.9. The average Bonchev–Trinajstić information content (AvgIpc) is 2.66. The van der Waals surface area contributed by atoms with Crippen LogP contribution in [0.25, 0.3) is 0 Å². The lowest BCUT2D eigenvalue weighted by Crippen LogP contribution is -2.47. The number of hydrogen-bond acceptors (Lipinski definition) is 12. The molecule has 12 nitrogen and oxygen atoms in total. The highest BCUT2D eigenvalue weighted by molar-refractivity contribution is 7.85. The number of aliphatic hydroxyl groups is 1. The molecule has 40 heavy (non-hydrogen) atoms. The van der Waals surface area contributed by atoms with Gasteiger partial charge in [-0.15, -0.1) is 0 Å². The molecule has 2 fully saturated rings. The number of hydrogen-bond donors (Lipinski definition) is 1. The van der Waals surface area contributed by atoms with E-state index < -0.39 is 45.1 Å². The number of rotatable bonds is 8. The summed E-state index contributed by atoms with van der Waals surface area (Å²) in [6.07, 6.45) is 0.659. The van der Waals surface area contributed by atoms with Crippen molar-refractivity contribution in [3.8, 4) is 0 Å². The third-order valence-electron chi connectivity index (χ3n) is 5.15. The lowest BCUT2D eigenvalue weighted by atomic mass is 10.1. The molecule has 0 aliphatic carbocycles. The van der Waals surface area contributed by atoms with Crippen molar-refractivity contribution in [3.05, 3.63) is 0 Å². The highest BCUT2D eigenvalue weighted by atomic mass is 32.2. The van der Waals surface area contributed by atoms with Crippen LogP contribution in [0.1, 0.15) is 94.9 Å². The average molecular weight is 599 g/mol. The van der Waals surface area contributed by atoms with Gasteiger partial charge in [0.15, 0.2) is 11.6 Å². The summed E-state index contributed by atoms with van der Waals surface area (Å²) in [7, 11) is -3.54. The molecule has 2 aliphatic rings. The van der Waals surface area contributed by atoms with Crippen LogP contribution in [0, 0.1) is 0 Å². The van der Waals surface area contributed by atoms with Gasteiger partial charge in [-0.05, 0) is 69.2 Å². The molecular formula is C27H50O12S. The Bertz CT molecular complexity index is 930. The van der Waals surface area contributed by atoms with Gasteiger partial charge in [-0.2, -0.15) is 8.42 Å². The van der Waals surface area contributed by atoms with Gasteiger partial charge in [-0.1, -0.05) is 0 Å². The van der Waals surface area contributed by atoms with Gasteiger partial charge in [0.1, 0.15) is 11.2 Å². The smallest absolute Gasteiger partial charge is 0.308 e. The van der Waals surface area contributed by atoms with E-state index in [0.29, 0.717) is 12.8 Å². The molecule has 236 valence electrons. The van der Waals surface area contributed by atoms with E-state index in [9.17, 15) is 18.0 Å². The molecule has 0 bridgehead atoms. The number of aliphatic hydroxyl groups excluding tert-OH is 1. The standard InChI is InChI=1S/C14H26O7S.C13H24O5/c1-13(2,3)21-12(15)8-10-7-11(9-18-22(6,16)17)20-14(4,5)19-10;1-12(2,3)18-11(15)7-9-6-10(8-14)17-13(4,5)16-9/h10-11H,7-9H2,1-6H3;9-10,14H,6-8H2,1-5H3/t10-,11+;9-,10+/m11/s1. The second kappa shape index (κ2) is 14.2. The van der Waals surface area contributed by atoms with Gasteiger partial charge >= 0.3 is 11.9 Å². The molecule has 13 heteroatoms. The van der Waals surface area contributed by atoms with Gasteiger partial charge in [-0.3, -0.25) is 13.8 Å². The number of carbonyl (C=O) groups is 2. The maximum Gasteiger partial charge on any atom is 0.308 e. The van der Waals surface area contributed by atoms with Gasteiger partial charge in [0.25, 0.3) is 10.1 Å². The highest BCUT2D eigenvalue weighted by Crippen LogP contribution is 2.30. The van der Waals surface area contributed by atoms with Crippen molar-refractivity contribution in [2.75, 3.05) is 19.5 Å². The predicted molar refractivity (Wildman–Crippen MR) is 146 cm³/mol. The van der Waals surface area contributed by atoms with Crippen LogP contribution in [0.5, 0.6) is 0 Å². The zero-order chi connectivity index (χ0) is 31.2. The first-order valence-electron chi connectivity index (χ1n) is 13.5. The van der Waals surface area contributed by atoms with Crippen molar-refractivity contribution >= 4 is 22.1 Å². The minimum atomic E-state index is -3.54. The summed E-state index contributed by atoms with van der Waals surface area (Å²) in [6.45, 7) is 17.7. The van der Waals surface area contributed by atoms with E-state index in [4.69, 9.17) is 37.7 Å².